The van der Waals surface area contributed by atoms with Gasteiger partial charge < -0.3 is 0 Å². The Morgan fingerprint density at radius 2 is 2.16 bits per heavy atom. The van der Waals surface area contributed by atoms with Crippen LogP contribution in [0, 0.1) is 0 Å². The number of pyridine rings is 1. The maximum Gasteiger partial charge on any atom is 0.182 e. The maximum atomic E-state index is 12.2. The van der Waals surface area contributed by atoms with Crippen molar-refractivity contribution in [3.63, 3.8) is 0 Å². The Balaban J connectivity index is 2.13. The van der Waals surface area contributed by atoms with Gasteiger partial charge in [0.25, 0.3) is 0 Å². The summed E-state index contributed by atoms with van der Waals surface area (Å²) in [5.74, 6) is 0.267. The molecule has 0 radical (unpaired) electrons. The number of carbonyl (C=O) groups excluding carboxylic acids is 1. The minimum Gasteiger partial charge on any atom is -0.293 e. The SMILES string of the molecule is CCc1ccc(CC(=O)c2snnc2C(C)C)nc1. The third kappa shape index (κ3) is 3.23. The number of nitrogens with zero attached hydrogens (tertiary/aromatic N) is 3. The summed E-state index contributed by atoms with van der Waals surface area (Å²) < 4.78 is 3.88. The molecule has 0 fully saturated rings. The van der Waals surface area contributed by atoms with Gasteiger partial charge in [0.1, 0.15) is 4.88 Å². The van der Waals surface area contributed by atoms with Gasteiger partial charge in [0, 0.05) is 11.9 Å². The molecule has 2 heterocycles. The molecule has 0 aliphatic heterocycles. The lowest BCUT2D eigenvalue weighted by atomic mass is 10.1. The summed E-state index contributed by atoms with van der Waals surface area (Å²) in [5.41, 5.74) is 2.77. The lowest BCUT2D eigenvalue weighted by Gasteiger charge is -2.03. The summed E-state index contributed by atoms with van der Waals surface area (Å²) in [6, 6.07) is 3.93. The molecule has 0 bridgehead atoms. The summed E-state index contributed by atoms with van der Waals surface area (Å²) in [6.07, 6.45) is 3.10. The van der Waals surface area contributed by atoms with E-state index in [2.05, 4.69) is 21.5 Å². The number of hydrogen-bond donors (Lipinski definition) is 0. The predicted molar refractivity (Wildman–Crippen MR) is 75.6 cm³/mol. The Hall–Kier alpha value is -1.62. The topological polar surface area (TPSA) is 55.7 Å². The molecule has 19 heavy (non-hydrogen) atoms. The second-order valence-corrected chi connectivity index (χ2v) is 5.51. The van der Waals surface area contributed by atoms with Gasteiger partial charge >= 0.3 is 0 Å². The molecule has 0 saturated heterocycles. The molecule has 100 valence electrons. The highest BCUT2D eigenvalue weighted by Crippen LogP contribution is 2.21. The average Bonchev–Trinajstić information content (AvgIpc) is 2.89. The van der Waals surface area contributed by atoms with E-state index in [9.17, 15) is 4.79 Å². The van der Waals surface area contributed by atoms with E-state index in [0.717, 1.165) is 17.8 Å². The van der Waals surface area contributed by atoms with Crippen molar-refractivity contribution >= 4 is 17.3 Å². The van der Waals surface area contributed by atoms with Gasteiger partial charge in [-0.05, 0) is 35.5 Å². The smallest absolute Gasteiger partial charge is 0.182 e. The first kappa shape index (κ1) is 13.8. The molecule has 0 spiro atoms. The zero-order chi connectivity index (χ0) is 13.8. The van der Waals surface area contributed by atoms with Crippen LogP contribution in [-0.2, 0) is 12.8 Å². The molecular formula is C14H17N3OS. The molecule has 2 aromatic rings. The van der Waals surface area contributed by atoms with E-state index >= 15 is 0 Å². The van der Waals surface area contributed by atoms with Crippen molar-refractivity contribution in [2.45, 2.75) is 39.5 Å². The maximum absolute atomic E-state index is 12.2. The summed E-state index contributed by atoms with van der Waals surface area (Å²) in [4.78, 5) is 17.2. The lowest BCUT2D eigenvalue weighted by molar-refractivity contribution is 0.0994. The molecule has 0 unspecified atom stereocenters. The quantitative estimate of drug-likeness (QED) is 0.787. The standard InChI is InChI=1S/C14H17N3OS/c1-4-10-5-6-11(15-8-10)7-12(18)14-13(9(2)3)16-17-19-14/h5-6,8-9H,4,7H2,1-3H3. The van der Waals surface area contributed by atoms with E-state index in [1.54, 1.807) is 0 Å². The summed E-state index contributed by atoms with van der Waals surface area (Å²) in [7, 11) is 0. The van der Waals surface area contributed by atoms with Gasteiger partial charge in [0.05, 0.1) is 12.1 Å². The van der Waals surface area contributed by atoms with E-state index in [1.807, 2.05) is 32.2 Å². The molecule has 2 rings (SSSR count). The molecule has 0 aliphatic rings. The third-order valence-corrected chi connectivity index (χ3v) is 3.73. The Kier molecular flexibility index (Phi) is 4.37. The van der Waals surface area contributed by atoms with E-state index in [4.69, 9.17) is 0 Å². The van der Waals surface area contributed by atoms with Crippen LogP contribution in [0.4, 0.5) is 0 Å². The van der Waals surface area contributed by atoms with Crippen LogP contribution in [0.3, 0.4) is 0 Å². The summed E-state index contributed by atoms with van der Waals surface area (Å²) >= 11 is 1.17. The van der Waals surface area contributed by atoms with Gasteiger partial charge in [-0.1, -0.05) is 31.3 Å². The van der Waals surface area contributed by atoms with Gasteiger partial charge in [-0.2, -0.15) is 0 Å². The molecule has 0 atom stereocenters. The zero-order valence-electron chi connectivity index (χ0n) is 11.4. The molecule has 0 aromatic carbocycles. The highest BCUT2D eigenvalue weighted by Gasteiger charge is 2.19. The fourth-order valence-corrected chi connectivity index (χ4v) is 2.54. The molecule has 0 amide bonds. The number of aromatic nitrogens is 3. The Labute approximate surface area is 117 Å². The molecular weight excluding hydrogens is 258 g/mol. The highest BCUT2D eigenvalue weighted by molar-refractivity contribution is 7.08. The van der Waals surface area contributed by atoms with Gasteiger partial charge in [-0.15, -0.1) is 5.10 Å². The predicted octanol–water partition coefficient (Wildman–Crippen LogP) is 3.04. The minimum absolute atomic E-state index is 0.0513. The van der Waals surface area contributed by atoms with E-state index in [-0.39, 0.29) is 11.7 Å². The van der Waals surface area contributed by atoms with Crippen molar-refractivity contribution in [3.8, 4) is 0 Å². The molecule has 0 N–H and O–H groups in total. The van der Waals surface area contributed by atoms with Crippen LogP contribution in [0.5, 0.6) is 0 Å². The van der Waals surface area contributed by atoms with Crippen molar-refractivity contribution in [1.29, 1.82) is 0 Å². The van der Waals surface area contributed by atoms with Crippen LogP contribution in [0.1, 0.15) is 53.3 Å². The lowest BCUT2D eigenvalue weighted by Crippen LogP contribution is -2.07. The molecule has 2 aromatic heterocycles. The van der Waals surface area contributed by atoms with E-state index in [1.165, 1.54) is 17.1 Å². The second kappa shape index (κ2) is 6.02. The normalized spacial score (nSPS) is 10.9. The van der Waals surface area contributed by atoms with Crippen LogP contribution in [0.2, 0.25) is 0 Å². The van der Waals surface area contributed by atoms with Gasteiger partial charge in [-0.3, -0.25) is 9.78 Å². The molecule has 5 heteroatoms. The van der Waals surface area contributed by atoms with Gasteiger partial charge in [0.2, 0.25) is 0 Å². The Bertz CT molecular complexity index is 560. The van der Waals surface area contributed by atoms with Crippen molar-refractivity contribution in [3.05, 3.63) is 40.2 Å². The van der Waals surface area contributed by atoms with Crippen molar-refractivity contribution in [1.82, 2.24) is 14.6 Å². The number of hydrogen-bond acceptors (Lipinski definition) is 5. The molecule has 0 saturated carbocycles. The van der Waals surface area contributed by atoms with Crippen LogP contribution in [0.25, 0.3) is 0 Å². The fourth-order valence-electron chi connectivity index (χ4n) is 1.78. The zero-order valence-corrected chi connectivity index (χ0v) is 12.2. The largest absolute Gasteiger partial charge is 0.293 e. The third-order valence-electron chi connectivity index (χ3n) is 2.95. The van der Waals surface area contributed by atoms with Crippen molar-refractivity contribution in [2.75, 3.05) is 0 Å². The van der Waals surface area contributed by atoms with Crippen LogP contribution in [0.15, 0.2) is 18.3 Å². The molecule has 0 aliphatic carbocycles. The molecule has 4 nitrogen and oxygen atoms in total. The Morgan fingerprint density at radius 3 is 2.74 bits per heavy atom. The van der Waals surface area contributed by atoms with E-state index in [0.29, 0.717) is 11.3 Å². The van der Waals surface area contributed by atoms with Crippen molar-refractivity contribution in [2.24, 2.45) is 0 Å². The van der Waals surface area contributed by atoms with Gasteiger partial charge in [-0.25, -0.2) is 0 Å². The Morgan fingerprint density at radius 1 is 1.37 bits per heavy atom. The van der Waals surface area contributed by atoms with Crippen LogP contribution >= 0.6 is 11.5 Å². The average molecular weight is 275 g/mol. The second-order valence-electron chi connectivity index (χ2n) is 4.75. The first-order chi connectivity index (χ1) is 9.11. The summed E-state index contributed by atoms with van der Waals surface area (Å²) in [6.45, 7) is 6.11. The number of carbonyl (C=O) groups is 1. The minimum atomic E-state index is 0.0513. The number of ketones is 1. The number of rotatable bonds is 5. The van der Waals surface area contributed by atoms with E-state index < -0.39 is 0 Å². The first-order valence-electron chi connectivity index (χ1n) is 6.41. The first-order valence-corrected chi connectivity index (χ1v) is 7.18. The summed E-state index contributed by atoms with van der Waals surface area (Å²) in [5, 5.41) is 4.03. The monoisotopic (exact) mass is 275 g/mol. The number of Topliss-reactive ketones (excluding diaryl/α,β-unsaturated/α-hetero) is 1. The number of aryl methyl sites for hydroxylation is 1. The van der Waals surface area contributed by atoms with Gasteiger partial charge in [0.15, 0.2) is 5.78 Å². The fraction of sp³-hybridized carbons (Fsp3) is 0.429. The highest BCUT2D eigenvalue weighted by atomic mass is 32.1. The van der Waals surface area contributed by atoms with Crippen LogP contribution < -0.4 is 0 Å². The van der Waals surface area contributed by atoms with Crippen molar-refractivity contribution < 1.29 is 4.79 Å². The van der Waals surface area contributed by atoms with Crippen LogP contribution in [-0.4, -0.2) is 20.4 Å².